The van der Waals surface area contributed by atoms with Crippen molar-refractivity contribution in [3.63, 3.8) is 0 Å². The van der Waals surface area contributed by atoms with Crippen LogP contribution in [-0.4, -0.2) is 41.5 Å². The van der Waals surface area contributed by atoms with E-state index < -0.39 is 5.97 Å². The normalized spacial score (nSPS) is 16.6. The number of benzene rings is 1. The molecular formula is C15H19BrN2O3. The van der Waals surface area contributed by atoms with Gasteiger partial charge in [0.25, 0.3) is 0 Å². The fourth-order valence-electron chi connectivity index (χ4n) is 2.55. The number of carbonyl (C=O) groups is 2. The van der Waals surface area contributed by atoms with Crippen LogP contribution in [0.15, 0.2) is 28.7 Å². The highest BCUT2D eigenvalue weighted by Gasteiger charge is 2.22. The first kappa shape index (κ1) is 16.0. The topological polar surface area (TPSA) is 69.6 Å². The maximum Gasteiger partial charge on any atom is 0.303 e. The van der Waals surface area contributed by atoms with Gasteiger partial charge in [-0.05, 0) is 59.9 Å². The number of carboxylic acids is 1. The van der Waals surface area contributed by atoms with Gasteiger partial charge >= 0.3 is 5.97 Å². The van der Waals surface area contributed by atoms with Crippen molar-refractivity contribution in [1.82, 2.24) is 4.90 Å². The van der Waals surface area contributed by atoms with E-state index in [1.54, 1.807) is 0 Å². The zero-order valence-corrected chi connectivity index (χ0v) is 13.3. The van der Waals surface area contributed by atoms with Crippen molar-refractivity contribution in [3.8, 4) is 0 Å². The standard InChI is InChI=1S/C15H19BrN2O3/c16-12-3-1-2-4-13(12)17-14(19)10-18-7-5-11(6-8-18)9-15(20)21/h1-4,11H,5-10H2,(H,17,19)(H,20,21). The summed E-state index contributed by atoms with van der Waals surface area (Å²) in [5.41, 5.74) is 0.767. The number of halogens is 1. The molecule has 1 aromatic rings. The lowest BCUT2D eigenvalue weighted by Gasteiger charge is -2.30. The average molecular weight is 355 g/mol. The van der Waals surface area contributed by atoms with Crippen LogP contribution < -0.4 is 5.32 Å². The predicted octanol–water partition coefficient (Wildman–Crippen LogP) is 2.57. The molecule has 1 aliphatic rings. The Labute approximate surface area is 132 Å². The van der Waals surface area contributed by atoms with Gasteiger partial charge in [-0.1, -0.05) is 12.1 Å². The number of carboxylic acid groups (broad SMARTS) is 1. The van der Waals surface area contributed by atoms with Crippen molar-refractivity contribution >= 4 is 33.5 Å². The van der Waals surface area contributed by atoms with Gasteiger partial charge in [0.1, 0.15) is 0 Å². The number of nitrogens with zero attached hydrogens (tertiary/aromatic N) is 1. The van der Waals surface area contributed by atoms with Crippen molar-refractivity contribution in [3.05, 3.63) is 28.7 Å². The van der Waals surface area contributed by atoms with E-state index in [-0.39, 0.29) is 18.2 Å². The van der Waals surface area contributed by atoms with Crippen LogP contribution in [0.25, 0.3) is 0 Å². The van der Waals surface area contributed by atoms with E-state index >= 15 is 0 Å². The summed E-state index contributed by atoms with van der Waals surface area (Å²) < 4.78 is 0.860. The van der Waals surface area contributed by atoms with Crippen LogP contribution in [0.4, 0.5) is 5.69 Å². The smallest absolute Gasteiger partial charge is 0.303 e. The van der Waals surface area contributed by atoms with E-state index in [1.165, 1.54) is 0 Å². The minimum atomic E-state index is -0.736. The second-order valence-corrected chi connectivity index (χ2v) is 6.20. The molecule has 0 unspecified atom stereocenters. The molecule has 0 spiro atoms. The molecule has 2 N–H and O–H groups in total. The molecule has 0 atom stereocenters. The molecule has 0 saturated carbocycles. The van der Waals surface area contributed by atoms with E-state index in [1.807, 2.05) is 24.3 Å². The highest BCUT2D eigenvalue weighted by Crippen LogP contribution is 2.22. The fraction of sp³-hybridized carbons (Fsp3) is 0.467. The quantitative estimate of drug-likeness (QED) is 0.852. The minimum absolute atomic E-state index is 0.0430. The lowest BCUT2D eigenvalue weighted by Crippen LogP contribution is -2.39. The fourth-order valence-corrected chi connectivity index (χ4v) is 2.93. The van der Waals surface area contributed by atoms with E-state index in [0.29, 0.717) is 6.54 Å². The number of piperidine rings is 1. The summed E-state index contributed by atoms with van der Waals surface area (Å²) in [4.78, 5) is 24.8. The maximum atomic E-state index is 12.0. The monoisotopic (exact) mass is 354 g/mol. The number of hydrogen-bond acceptors (Lipinski definition) is 3. The summed E-state index contributed by atoms with van der Waals surface area (Å²) in [6.45, 7) is 1.91. The molecule has 1 aliphatic heterocycles. The van der Waals surface area contributed by atoms with Gasteiger partial charge in [-0.15, -0.1) is 0 Å². The van der Waals surface area contributed by atoms with Crippen LogP contribution in [0.5, 0.6) is 0 Å². The van der Waals surface area contributed by atoms with Gasteiger partial charge < -0.3 is 10.4 Å². The molecule has 114 valence electrons. The zero-order chi connectivity index (χ0) is 15.2. The van der Waals surface area contributed by atoms with E-state index in [2.05, 4.69) is 26.1 Å². The second-order valence-electron chi connectivity index (χ2n) is 5.35. The van der Waals surface area contributed by atoms with Crippen molar-refractivity contribution in [1.29, 1.82) is 0 Å². The van der Waals surface area contributed by atoms with Gasteiger partial charge in [-0.2, -0.15) is 0 Å². The number of likely N-dealkylation sites (tertiary alicyclic amines) is 1. The molecule has 1 amide bonds. The Morgan fingerprint density at radius 2 is 1.95 bits per heavy atom. The first-order chi connectivity index (χ1) is 10.0. The molecular weight excluding hydrogens is 336 g/mol. The summed E-state index contributed by atoms with van der Waals surface area (Å²) in [7, 11) is 0. The molecule has 0 aromatic heterocycles. The SMILES string of the molecule is O=C(O)CC1CCN(CC(=O)Nc2ccccc2Br)CC1. The molecule has 6 heteroatoms. The Morgan fingerprint density at radius 3 is 2.57 bits per heavy atom. The highest BCUT2D eigenvalue weighted by molar-refractivity contribution is 9.10. The predicted molar refractivity (Wildman–Crippen MR) is 84.2 cm³/mol. The number of carbonyl (C=O) groups excluding carboxylic acids is 1. The zero-order valence-electron chi connectivity index (χ0n) is 11.7. The largest absolute Gasteiger partial charge is 0.481 e. The van der Waals surface area contributed by atoms with Gasteiger partial charge in [0.15, 0.2) is 0 Å². The summed E-state index contributed by atoms with van der Waals surface area (Å²) in [6, 6.07) is 7.50. The summed E-state index contributed by atoms with van der Waals surface area (Å²) in [5.74, 6) is -0.538. The van der Waals surface area contributed by atoms with Crippen LogP contribution in [-0.2, 0) is 9.59 Å². The van der Waals surface area contributed by atoms with Crippen LogP contribution in [0.2, 0.25) is 0 Å². The third kappa shape index (κ3) is 5.13. The number of nitrogens with one attached hydrogen (secondary N) is 1. The second kappa shape index (κ2) is 7.56. The van der Waals surface area contributed by atoms with Gasteiger partial charge in [0, 0.05) is 10.9 Å². The molecule has 1 aromatic carbocycles. The summed E-state index contributed by atoms with van der Waals surface area (Å²) >= 11 is 3.40. The van der Waals surface area contributed by atoms with Crippen molar-refractivity contribution in [2.75, 3.05) is 25.0 Å². The molecule has 0 aliphatic carbocycles. The Morgan fingerprint density at radius 1 is 1.29 bits per heavy atom. The minimum Gasteiger partial charge on any atom is -0.481 e. The van der Waals surface area contributed by atoms with Gasteiger partial charge in [0.2, 0.25) is 5.91 Å². The van der Waals surface area contributed by atoms with Crippen molar-refractivity contribution in [2.24, 2.45) is 5.92 Å². The first-order valence-electron chi connectivity index (χ1n) is 7.03. The third-order valence-electron chi connectivity index (χ3n) is 3.69. The van der Waals surface area contributed by atoms with Gasteiger partial charge in [-0.3, -0.25) is 14.5 Å². The van der Waals surface area contributed by atoms with Gasteiger partial charge in [-0.25, -0.2) is 0 Å². The van der Waals surface area contributed by atoms with E-state index in [0.717, 1.165) is 36.1 Å². The number of aliphatic carboxylic acids is 1. The molecule has 1 fully saturated rings. The number of para-hydroxylation sites is 1. The molecule has 21 heavy (non-hydrogen) atoms. The van der Waals surface area contributed by atoms with E-state index in [9.17, 15) is 9.59 Å². The Hall–Kier alpha value is -1.40. The molecule has 5 nitrogen and oxygen atoms in total. The average Bonchev–Trinajstić information content (AvgIpc) is 2.43. The lowest BCUT2D eigenvalue weighted by molar-refractivity contribution is -0.138. The lowest BCUT2D eigenvalue weighted by atomic mass is 9.94. The first-order valence-corrected chi connectivity index (χ1v) is 7.82. The number of amides is 1. The van der Waals surface area contributed by atoms with Crippen molar-refractivity contribution < 1.29 is 14.7 Å². The van der Waals surface area contributed by atoms with Crippen LogP contribution in [0.3, 0.4) is 0 Å². The molecule has 1 saturated heterocycles. The van der Waals surface area contributed by atoms with E-state index in [4.69, 9.17) is 5.11 Å². The number of rotatable bonds is 5. The number of anilines is 1. The Kier molecular flexibility index (Phi) is 5.76. The third-order valence-corrected chi connectivity index (χ3v) is 4.38. The molecule has 0 bridgehead atoms. The number of hydrogen-bond donors (Lipinski definition) is 2. The Balaban J connectivity index is 1.77. The highest BCUT2D eigenvalue weighted by atomic mass is 79.9. The molecule has 2 rings (SSSR count). The van der Waals surface area contributed by atoms with Gasteiger partial charge in [0.05, 0.1) is 12.2 Å². The molecule has 1 heterocycles. The Bertz CT molecular complexity index is 513. The van der Waals surface area contributed by atoms with Crippen LogP contribution >= 0.6 is 15.9 Å². The van der Waals surface area contributed by atoms with Crippen LogP contribution in [0, 0.1) is 5.92 Å². The summed E-state index contributed by atoms with van der Waals surface area (Å²) in [5, 5.41) is 11.7. The summed E-state index contributed by atoms with van der Waals surface area (Å²) in [6.07, 6.45) is 1.92. The van der Waals surface area contributed by atoms with Crippen LogP contribution in [0.1, 0.15) is 19.3 Å². The maximum absolute atomic E-state index is 12.0. The van der Waals surface area contributed by atoms with Crippen molar-refractivity contribution in [2.45, 2.75) is 19.3 Å². The molecule has 0 radical (unpaired) electrons.